The Kier molecular flexibility index (Phi) is 4.32. The molecule has 0 aromatic heterocycles. The SMILES string of the molecule is CO[SiH](OC)c1ccccc1C(C)C. The predicted octanol–water partition coefficient (Wildman–Crippen LogP) is 1.53. The highest BCUT2D eigenvalue weighted by atomic mass is 28.3. The largest absolute Gasteiger partial charge is 0.397 e. The molecule has 0 spiro atoms. The fourth-order valence-electron chi connectivity index (χ4n) is 1.60. The van der Waals surface area contributed by atoms with Crippen molar-refractivity contribution in [2.75, 3.05) is 14.2 Å². The summed E-state index contributed by atoms with van der Waals surface area (Å²) in [6, 6.07) is 8.37. The molecular formula is C11H18O2Si. The van der Waals surface area contributed by atoms with Gasteiger partial charge in [-0.25, -0.2) is 0 Å². The van der Waals surface area contributed by atoms with Gasteiger partial charge in [0.25, 0.3) is 0 Å². The molecule has 3 heteroatoms. The maximum absolute atomic E-state index is 5.39. The summed E-state index contributed by atoms with van der Waals surface area (Å²) in [6.07, 6.45) is 0. The van der Waals surface area contributed by atoms with Crippen molar-refractivity contribution in [3.63, 3.8) is 0 Å². The maximum Gasteiger partial charge on any atom is 0.355 e. The zero-order valence-corrected chi connectivity index (χ0v) is 10.4. The summed E-state index contributed by atoms with van der Waals surface area (Å²) in [5.74, 6) is 0.520. The third kappa shape index (κ3) is 2.44. The highest BCUT2D eigenvalue weighted by Gasteiger charge is 2.18. The van der Waals surface area contributed by atoms with Gasteiger partial charge in [-0.3, -0.25) is 0 Å². The Balaban J connectivity index is 3.05. The van der Waals surface area contributed by atoms with Gasteiger partial charge in [0, 0.05) is 14.2 Å². The van der Waals surface area contributed by atoms with E-state index in [1.165, 1.54) is 10.8 Å². The summed E-state index contributed by atoms with van der Waals surface area (Å²) in [5, 5.41) is 1.26. The van der Waals surface area contributed by atoms with Gasteiger partial charge in [0.2, 0.25) is 0 Å². The Hall–Kier alpha value is -0.643. The molecule has 0 saturated heterocycles. The number of hydrogen-bond acceptors (Lipinski definition) is 2. The Morgan fingerprint density at radius 2 is 1.64 bits per heavy atom. The van der Waals surface area contributed by atoms with Gasteiger partial charge >= 0.3 is 9.28 Å². The summed E-state index contributed by atoms with van der Waals surface area (Å²) in [5.41, 5.74) is 1.34. The van der Waals surface area contributed by atoms with Crippen molar-refractivity contribution < 1.29 is 8.85 Å². The number of hydrogen-bond donors (Lipinski definition) is 0. The average molecular weight is 210 g/mol. The molecule has 0 heterocycles. The molecule has 0 aliphatic rings. The van der Waals surface area contributed by atoms with Gasteiger partial charge in [0.15, 0.2) is 0 Å². The molecule has 1 aromatic carbocycles. The molecule has 0 fully saturated rings. The van der Waals surface area contributed by atoms with Crippen molar-refractivity contribution in [2.24, 2.45) is 0 Å². The second kappa shape index (κ2) is 5.29. The second-order valence-corrected chi connectivity index (χ2v) is 5.82. The van der Waals surface area contributed by atoms with E-state index >= 15 is 0 Å². The summed E-state index contributed by atoms with van der Waals surface area (Å²) in [6.45, 7) is 4.38. The van der Waals surface area contributed by atoms with Crippen LogP contribution in [0.4, 0.5) is 0 Å². The minimum Gasteiger partial charge on any atom is -0.397 e. The summed E-state index contributed by atoms with van der Waals surface area (Å²) in [4.78, 5) is 0. The number of rotatable bonds is 4. The van der Waals surface area contributed by atoms with Crippen LogP contribution in [0.5, 0.6) is 0 Å². The minimum absolute atomic E-state index is 0.520. The lowest BCUT2D eigenvalue weighted by molar-refractivity contribution is 0.291. The third-order valence-corrected chi connectivity index (χ3v) is 4.19. The molecule has 14 heavy (non-hydrogen) atoms. The van der Waals surface area contributed by atoms with Gasteiger partial charge in [-0.1, -0.05) is 38.1 Å². The Morgan fingerprint density at radius 1 is 1.07 bits per heavy atom. The quantitative estimate of drug-likeness (QED) is 0.702. The van der Waals surface area contributed by atoms with Crippen LogP contribution in [0.3, 0.4) is 0 Å². The first-order chi connectivity index (χ1) is 6.70. The van der Waals surface area contributed by atoms with Crippen LogP contribution in [0.25, 0.3) is 0 Å². The van der Waals surface area contributed by atoms with E-state index in [0.29, 0.717) is 5.92 Å². The average Bonchev–Trinajstić information content (AvgIpc) is 2.20. The molecule has 0 atom stereocenters. The van der Waals surface area contributed by atoms with Crippen molar-refractivity contribution in [1.82, 2.24) is 0 Å². The van der Waals surface area contributed by atoms with Crippen LogP contribution >= 0.6 is 0 Å². The van der Waals surface area contributed by atoms with Gasteiger partial charge in [-0.05, 0) is 16.7 Å². The van der Waals surface area contributed by atoms with Gasteiger partial charge in [0.05, 0.1) is 0 Å². The normalized spacial score (nSPS) is 11.3. The van der Waals surface area contributed by atoms with E-state index in [2.05, 4.69) is 32.0 Å². The van der Waals surface area contributed by atoms with Crippen LogP contribution < -0.4 is 5.19 Å². The minimum atomic E-state index is -1.65. The molecule has 0 aliphatic heterocycles. The van der Waals surface area contributed by atoms with Gasteiger partial charge in [0.1, 0.15) is 0 Å². The van der Waals surface area contributed by atoms with E-state index < -0.39 is 9.28 Å². The van der Waals surface area contributed by atoms with Crippen LogP contribution in [-0.4, -0.2) is 23.5 Å². The first kappa shape index (κ1) is 11.4. The lowest BCUT2D eigenvalue weighted by atomic mass is 10.0. The van der Waals surface area contributed by atoms with Crippen LogP contribution in [0.15, 0.2) is 24.3 Å². The second-order valence-electron chi connectivity index (χ2n) is 3.59. The molecule has 0 N–H and O–H groups in total. The van der Waals surface area contributed by atoms with E-state index in [1.807, 2.05) is 6.07 Å². The summed E-state index contributed by atoms with van der Waals surface area (Å²) < 4.78 is 10.8. The molecule has 0 saturated carbocycles. The van der Waals surface area contributed by atoms with E-state index in [0.717, 1.165) is 0 Å². The first-order valence-electron chi connectivity index (χ1n) is 4.85. The van der Waals surface area contributed by atoms with E-state index in [1.54, 1.807) is 14.2 Å². The maximum atomic E-state index is 5.39. The molecule has 1 rings (SSSR count). The van der Waals surface area contributed by atoms with Crippen LogP contribution in [-0.2, 0) is 8.85 Å². The lowest BCUT2D eigenvalue weighted by Gasteiger charge is -2.17. The molecular weight excluding hydrogens is 192 g/mol. The standard InChI is InChI=1S/C11H18O2Si/c1-9(2)10-7-5-6-8-11(10)14(12-3)13-4/h5-9,14H,1-4H3. The van der Waals surface area contributed by atoms with E-state index in [9.17, 15) is 0 Å². The fraction of sp³-hybridized carbons (Fsp3) is 0.455. The third-order valence-electron chi connectivity index (χ3n) is 2.30. The molecule has 2 nitrogen and oxygen atoms in total. The molecule has 0 radical (unpaired) electrons. The molecule has 78 valence electrons. The molecule has 0 aliphatic carbocycles. The first-order valence-corrected chi connectivity index (χ1v) is 6.37. The monoisotopic (exact) mass is 210 g/mol. The Bertz CT molecular complexity index is 282. The topological polar surface area (TPSA) is 18.5 Å². The zero-order valence-electron chi connectivity index (χ0n) is 9.28. The van der Waals surface area contributed by atoms with Crippen molar-refractivity contribution in [3.8, 4) is 0 Å². The number of benzene rings is 1. The lowest BCUT2D eigenvalue weighted by Crippen LogP contribution is -2.37. The van der Waals surface area contributed by atoms with Crippen molar-refractivity contribution in [2.45, 2.75) is 19.8 Å². The Labute approximate surface area is 87.7 Å². The highest BCUT2D eigenvalue weighted by Crippen LogP contribution is 2.12. The summed E-state index contributed by atoms with van der Waals surface area (Å²) >= 11 is 0. The van der Waals surface area contributed by atoms with Gasteiger partial charge in [-0.15, -0.1) is 0 Å². The van der Waals surface area contributed by atoms with Gasteiger partial charge in [-0.2, -0.15) is 0 Å². The van der Waals surface area contributed by atoms with Crippen molar-refractivity contribution in [1.29, 1.82) is 0 Å². The smallest absolute Gasteiger partial charge is 0.355 e. The van der Waals surface area contributed by atoms with Crippen molar-refractivity contribution in [3.05, 3.63) is 29.8 Å². The molecule has 0 amide bonds. The highest BCUT2D eigenvalue weighted by molar-refractivity contribution is 6.61. The summed E-state index contributed by atoms with van der Waals surface area (Å²) in [7, 11) is 1.79. The molecule has 0 unspecified atom stereocenters. The van der Waals surface area contributed by atoms with Crippen LogP contribution in [0.1, 0.15) is 25.3 Å². The zero-order chi connectivity index (χ0) is 10.6. The van der Waals surface area contributed by atoms with Crippen LogP contribution in [0, 0.1) is 0 Å². The van der Waals surface area contributed by atoms with Crippen LogP contribution in [0.2, 0.25) is 0 Å². The molecule has 1 aromatic rings. The van der Waals surface area contributed by atoms with Gasteiger partial charge < -0.3 is 8.85 Å². The van der Waals surface area contributed by atoms with E-state index in [4.69, 9.17) is 8.85 Å². The molecule has 0 bridgehead atoms. The fourth-order valence-corrected chi connectivity index (χ4v) is 3.27. The predicted molar refractivity (Wildman–Crippen MR) is 61.3 cm³/mol. The van der Waals surface area contributed by atoms with Crippen molar-refractivity contribution >= 4 is 14.5 Å². The van der Waals surface area contributed by atoms with E-state index in [-0.39, 0.29) is 0 Å². The Morgan fingerprint density at radius 3 is 2.14 bits per heavy atom.